The molecule has 1 unspecified atom stereocenters. The zero-order valence-electron chi connectivity index (χ0n) is 14.2. The van der Waals surface area contributed by atoms with Crippen LogP contribution in [0.2, 0.25) is 0 Å². The first-order chi connectivity index (χ1) is 10.0. The van der Waals surface area contributed by atoms with Crippen molar-refractivity contribution in [2.75, 3.05) is 31.6 Å². The standard InChI is InChI=1S/C17H30N4/c1-6-16-12-21(8-7-20(16)5)17-14(4)9-15(11-19-17)10-18-13(2)3/h9,11,13,16,18H,6-8,10,12H2,1-5H3. The normalized spacial score (nSPS) is 20.3. The fourth-order valence-corrected chi connectivity index (χ4v) is 2.95. The van der Waals surface area contributed by atoms with E-state index in [1.54, 1.807) is 0 Å². The molecule has 0 spiro atoms. The molecule has 1 fully saturated rings. The van der Waals surface area contributed by atoms with E-state index in [1.165, 1.54) is 17.5 Å². The van der Waals surface area contributed by atoms with E-state index in [-0.39, 0.29) is 0 Å². The van der Waals surface area contributed by atoms with E-state index in [0.29, 0.717) is 12.1 Å². The van der Waals surface area contributed by atoms with Crippen molar-refractivity contribution in [2.24, 2.45) is 0 Å². The molecule has 1 aliphatic rings. The van der Waals surface area contributed by atoms with Crippen LogP contribution < -0.4 is 10.2 Å². The summed E-state index contributed by atoms with van der Waals surface area (Å²) in [5, 5.41) is 3.45. The topological polar surface area (TPSA) is 31.4 Å². The van der Waals surface area contributed by atoms with Crippen molar-refractivity contribution in [3.63, 3.8) is 0 Å². The van der Waals surface area contributed by atoms with Crippen molar-refractivity contribution in [3.05, 3.63) is 23.4 Å². The monoisotopic (exact) mass is 290 g/mol. The number of nitrogens with one attached hydrogen (secondary N) is 1. The molecule has 4 nitrogen and oxygen atoms in total. The molecule has 0 aromatic carbocycles. The molecule has 1 aliphatic heterocycles. The second-order valence-electron chi connectivity index (χ2n) is 6.51. The fraction of sp³-hybridized carbons (Fsp3) is 0.706. The van der Waals surface area contributed by atoms with E-state index in [4.69, 9.17) is 4.98 Å². The minimum absolute atomic E-state index is 0.507. The van der Waals surface area contributed by atoms with Crippen molar-refractivity contribution in [2.45, 2.75) is 52.7 Å². The average Bonchev–Trinajstić information content (AvgIpc) is 2.46. The van der Waals surface area contributed by atoms with Gasteiger partial charge in [0.2, 0.25) is 0 Å². The number of aromatic nitrogens is 1. The second kappa shape index (κ2) is 7.23. The molecule has 2 heterocycles. The van der Waals surface area contributed by atoms with Gasteiger partial charge in [0.25, 0.3) is 0 Å². The SMILES string of the molecule is CCC1CN(c2ncc(CNC(C)C)cc2C)CCN1C. The maximum absolute atomic E-state index is 4.74. The number of hydrogen-bond donors (Lipinski definition) is 1. The Morgan fingerprint density at radius 1 is 1.38 bits per heavy atom. The van der Waals surface area contributed by atoms with Crippen LogP contribution >= 0.6 is 0 Å². The fourth-order valence-electron chi connectivity index (χ4n) is 2.95. The van der Waals surface area contributed by atoms with Crippen LogP contribution in [0.25, 0.3) is 0 Å². The third-order valence-electron chi connectivity index (χ3n) is 4.37. The van der Waals surface area contributed by atoms with Gasteiger partial charge in [-0.3, -0.25) is 4.90 Å². The summed E-state index contributed by atoms with van der Waals surface area (Å²) in [6.07, 6.45) is 3.22. The number of pyridine rings is 1. The van der Waals surface area contributed by atoms with Crippen LogP contribution in [0.15, 0.2) is 12.3 Å². The molecule has 0 bridgehead atoms. The first-order valence-corrected chi connectivity index (χ1v) is 8.15. The van der Waals surface area contributed by atoms with E-state index >= 15 is 0 Å². The molecule has 0 amide bonds. The molecule has 1 aromatic rings. The van der Waals surface area contributed by atoms with Gasteiger partial charge in [0.05, 0.1) is 0 Å². The Morgan fingerprint density at radius 2 is 2.14 bits per heavy atom. The number of nitrogens with zero attached hydrogens (tertiary/aromatic N) is 3. The molecule has 118 valence electrons. The van der Waals surface area contributed by atoms with Gasteiger partial charge < -0.3 is 10.2 Å². The quantitative estimate of drug-likeness (QED) is 0.902. The van der Waals surface area contributed by atoms with Crippen molar-refractivity contribution in [1.82, 2.24) is 15.2 Å². The summed E-state index contributed by atoms with van der Waals surface area (Å²) in [6, 6.07) is 3.42. The van der Waals surface area contributed by atoms with Gasteiger partial charge in [-0.05, 0) is 37.6 Å². The summed E-state index contributed by atoms with van der Waals surface area (Å²) >= 11 is 0. The second-order valence-corrected chi connectivity index (χ2v) is 6.51. The van der Waals surface area contributed by atoms with E-state index in [1.807, 2.05) is 6.20 Å². The van der Waals surface area contributed by atoms with Crippen molar-refractivity contribution in [1.29, 1.82) is 0 Å². The van der Waals surface area contributed by atoms with E-state index in [0.717, 1.165) is 32.0 Å². The van der Waals surface area contributed by atoms with Crippen LogP contribution in [-0.4, -0.2) is 48.6 Å². The number of likely N-dealkylation sites (N-methyl/N-ethyl adjacent to an activating group) is 1. The molecule has 1 N–H and O–H groups in total. The van der Waals surface area contributed by atoms with Gasteiger partial charge in [0, 0.05) is 44.5 Å². The number of anilines is 1. The zero-order valence-corrected chi connectivity index (χ0v) is 14.2. The summed E-state index contributed by atoms with van der Waals surface area (Å²) in [5.74, 6) is 1.16. The van der Waals surface area contributed by atoms with Crippen molar-refractivity contribution < 1.29 is 0 Å². The molecule has 4 heteroatoms. The van der Waals surface area contributed by atoms with Crippen molar-refractivity contribution >= 4 is 5.82 Å². The maximum Gasteiger partial charge on any atom is 0.131 e. The van der Waals surface area contributed by atoms with Crippen LogP contribution in [0, 0.1) is 6.92 Å². The highest BCUT2D eigenvalue weighted by molar-refractivity contribution is 5.48. The Kier molecular flexibility index (Phi) is 5.59. The lowest BCUT2D eigenvalue weighted by Crippen LogP contribution is -2.51. The van der Waals surface area contributed by atoms with E-state index < -0.39 is 0 Å². The van der Waals surface area contributed by atoms with Crippen LogP contribution in [0.1, 0.15) is 38.3 Å². The molecule has 1 aromatic heterocycles. The van der Waals surface area contributed by atoms with Gasteiger partial charge in [-0.15, -0.1) is 0 Å². The molecular weight excluding hydrogens is 260 g/mol. The predicted molar refractivity (Wildman–Crippen MR) is 89.9 cm³/mol. The third kappa shape index (κ3) is 4.17. The number of rotatable bonds is 5. The Morgan fingerprint density at radius 3 is 2.76 bits per heavy atom. The molecule has 2 rings (SSSR count). The minimum atomic E-state index is 0.507. The Hall–Kier alpha value is -1.13. The molecule has 1 atom stereocenters. The lowest BCUT2D eigenvalue weighted by atomic mass is 10.1. The summed E-state index contributed by atoms with van der Waals surface area (Å²) in [5.41, 5.74) is 2.56. The molecular formula is C17H30N4. The smallest absolute Gasteiger partial charge is 0.131 e. The zero-order chi connectivity index (χ0) is 15.4. The summed E-state index contributed by atoms with van der Waals surface area (Å²) in [4.78, 5) is 9.65. The highest BCUT2D eigenvalue weighted by atomic mass is 15.3. The first kappa shape index (κ1) is 16.2. The Bertz CT molecular complexity index is 458. The van der Waals surface area contributed by atoms with Crippen LogP contribution in [0.4, 0.5) is 5.82 Å². The minimum Gasteiger partial charge on any atom is -0.354 e. The molecule has 0 saturated carbocycles. The van der Waals surface area contributed by atoms with Gasteiger partial charge >= 0.3 is 0 Å². The molecule has 1 saturated heterocycles. The van der Waals surface area contributed by atoms with Crippen LogP contribution in [-0.2, 0) is 6.54 Å². The van der Waals surface area contributed by atoms with Crippen LogP contribution in [0.3, 0.4) is 0 Å². The van der Waals surface area contributed by atoms with Gasteiger partial charge in [-0.25, -0.2) is 4.98 Å². The number of piperazine rings is 1. The highest BCUT2D eigenvalue weighted by Crippen LogP contribution is 2.22. The predicted octanol–water partition coefficient (Wildman–Crippen LogP) is 2.42. The summed E-state index contributed by atoms with van der Waals surface area (Å²) in [7, 11) is 2.23. The first-order valence-electron chi connectivity index (χ1n) is 8.15. The summed E-state index contributed by atoms with van der Waals surface area (Å²) in [6.45, 7) is 13.0. The van der Waals surface area contributed by atoms with Crippen LogP contribution in [0.5, 0.6) is 0 Å². The van der Waals surface area contributed by atoms with Crippen molar-refractivity contribution in [3.8, 4) is 0 Å². The lowest BCUT2D eigenvalue weighted by molar-refractivity contribution is 0.213. The van der Waals surface area contributed by atoms with Gasteiger partial charge in [0.15, 0.2) is 0 Å². The lowest BCUT2D eigenvalue weighted by Gasteiger charge is -2.40. The van der Waals surface area contributed by atoms with Gasteiger partial charge in [-0.2, -0.15) is 0 Å². The van der Waals surface area contributed by atoms with E-state index in [9.17, 15) is 0 Å². The largest absolute Gasteiger partial charge is 0.354 e. The number of hydrogen-bond acceptors (Lipinski definition) is 4. The molecule has 0 radical (unpaired) electrons. The Balaban J connectivity index is 2.06. The molecule has 21 heavy (non-hydrogen) atoms. The van der Waals surface area contributed by atoms with Gasteiger partial charge in [-0.1, -0.05) is 20.8 Å². The number of aryl methyl sites for hydroxylation is 1. The summed E-state index contributed by atoms with van der Waals surface area (Å²) < 4.78 is 0. The Labute approximate surface area is 129 Å². The third-order valence-corrected chi connectivity index (χ3v) is 4.37. The maximum atomic E-state index is 4.74. The molecule has 0 aliphatic carbocycles. The average molecular weight is 290 g/mol. The van der Waals surface area contributed by atoms with E-state index in [2.05, 4.69) is 55.9 Å². The van der Waals surface area contributed by atoms with Gasteiger partial charge in [0.1, 0.15) is 5.82 Å². The highest BCUT2D eigenvalue weighted by Gasteiger charge is 2.24.